The molecule has 0 saturated carbocycles. The van der Waals surface area contributed by atoms with E-state index in [1.807, 2.05) is 4.90 Å². The van der Waals surface area contributed by atoms with Gasteiger partial charge in [0.2, 0.25) is 0 Å². The summed E-state index contributed by atoms with van der Waals surface area (Å²) in [4.78, 5) is 14.1. The van der Waals surface area contributed by atoms with Crippen molar-refractivity contribution in [3.05, 3.63) is 11.9 Å². The summed E-state index contributed by atoms with van der Waals surface area (Å²) >= 11 is 0. The van der Waals surface area contributed by atoms with Crippen LogP contribution in [0.2, 0.25) is 0 Å². The Labute approximate surface area is 112 Å². The standard InChI is InChI=1S/C12H21N5O2/c1-19-9-10-2-5-16(6-3-10)12(18)11-8-17(7-4-13)15-14-11/h8,10H,2-7,9,13H2,1H3. The van der Waals surface area contributed by atoms with Gasteiger partial charge in [-0.3, -0.25) is 9.48 Å². The highest BCUT2D eigenvalue weighted by Crippen LogP contribution is 2.18. The lowest BCUT2D eigenvalue weighted by Crippen LogP contribution is -2.39. The molecule has 0 spiro atoms. The summed E-state index contributed by atoms with van der Waals surface area (Å²) in [6, 6.07) is 0. The van der Waals surface area contributed by atoms with Gasteiger partial charge >= 0.3 is 0 Å². The van der Waals surface area contributed by atoms with Crippen molar-refractivity contribution in [2.24, 2.45) is 11.7 Å². The number of nitrogens with zero attached hydrogens (tertiary/aromatic N) is 4. The van der Waals surface area contributed by atoms with E-state index >= 15 is 0 Å². The van der Waals surface area contributed by atoms with Gasteiger partial charge in [-0.25, -0.2) is 0 Å². The number of aromatic nitrogens is 3. The minimum Gasteiger partial charge on any atom is -0.384 e. The number of hydrogen-bond donors (Lipinski definition) is 1. The molecular weight excluding hydrogens is 246 g/mol. The second-order valence-electron chi connectivity index (χ2n) is 4.85. The van der Waals surface area contributed by atoms with E-state index in [1.165, 1.54) is 0 Å². The Morgan fingerprint density at radius 2 is 2.26 bits per heavy atom. The number of nitrogens with two attached hydrogens (primary N) is 1. The lowest BCUT2D eigenvalue weighted by molar-refractivity contribution is 0.0608. The summed E-state index contributed by atoms with van der Waals surface area (Å²) in [5.74, 6) is 0.515. The van der Waals surface area contributed by atoms with Gasteiger partial charge in [-0.1, -0.05) is 5.21 Å². The molecule has 19 heavy (non-hydrogen) atoms. The normalized spacial score (nSPS) is 16.8. The summed E-state index contributed by atoms with van der Waals surface area (Å²) < 4.78 is 6.75. The second-order valence-corrected chi connectivity index (χ2v) is 4.85. The molecule has 1 aromatic heterocycles. The van der Waals surface area contributed by atoms with Gasteiger partial charge in [0.05, 0.1) is 12.7 Å². The van der Waals surface area contributed by atoms with Gasteiger partial charge in [0.25, 0.3) is 5.91 Å². The van der Waals surface area contributed by atoms with Crippen LogP contribution in [0.1, 0.15) is 23.3 Å². The molecule has 1 amide bonds. The van der Waals surface area contributed by atoms with Crippen molar-refractivity contribution >= 4 is 5.91 Å². The zero-order valence-electron chi connectivity index (χ0n) is 11.3. The molecule has 1 saturated heterocycles. The van der Waals surface area contributed by atoms with Crippen LogP contribution in [0.4, 0.5) is 0 Å². The van der Waals surface area contributed by atoms with Crippen LogP contribution >= 0.6 is 0 Å². The smallest absolute Gasteiger partial charge is 0.276 e. The molecule has 0 aliphatic carbocycles. The lowest BCUT2D eigenvalue weighted by Gasteiger charge is -2.31. The zero-order chi connectivity index (χ0) is 13.7. The maximum atomic E-state index is 12.2. The number of amides is 1. The van der Waals surface area contributed by atoms with E-state index in [0.29, 0.717) is 24.7 Å². The molecule has 2 N–H and O–H groups in total. The van der Waals surface area contributed by atoms with E-state index in [1.54, 1.807) is 18.0 Å². The molecule has 2 rings (SSSR count). The molecule has 1 fully saturated rings. The first-order valence-electron chi connectivity index (χ1n) is 6.63. The van der Waals surface area contributed by atoms with Gasteiger partial charge in [-0.15, -0.1) is 5.10 Å². The summed E-state index contributed by atoms with van der Waals surface area (Å²) in [5.41, 5.74) is 5.84. The fourth-order valence-corrected chi connectivity index (χ4v) is 2.34. The van der Waals surface area contributed by atoms with Gasteiger partial charge in [0, 0.05) is 33.4 Å². The highest BCUT2D eigenvalue weighted by atomic mass is 16.5. The molecule has 0 atom stereocenters. The quantitative estimate of drug-likeness (QED) is 0.794. The van der Waals surface area contributed by atoms with Crippen molar-refractivity contribution in [1.82, 2.24) is 19.9 Å². The minimum atomic E-state index is -0.0425. The summed E-state index contributed by atoms with van der Waals surface area (Å²) in [7, 11) is 1.72. The van der Waals surface area contributed by atoms with E-state index in [-0.39, 0.29) is 5.91 Å². The third-order valence-electron chi connectivity index (χ3n) is 3.42. The molecule has 0 aromatic carbocycles. The Bertz CT molecular complexity index is 412. The SMILES string of the molecule is COCC1CCN(C(=O)c2cn(CCN)nn2)CC1. The first-order chi connectivity index (χ1) is 9.24. The Hall–Kier alpha value is -1.47. The van der Waals surface area contributed by atoms with Gasteiger partial charge < -0.3 is 15.4 Å². The highest BCUT2D eigenvalue weighted by molar-refractivity contribution is 5.91. The maximum absolute atomic E-state index is 12.2. The van der Waals surface area contributed by atoms with Crippen LogP contribution in [0.15, 0.2) is 6.20 Å². The summed E-state index contributed by atoms with van der Waals surface area (Å²) in [5, 5.41) is 7.79. The third kappa shape index (κ3) is 3.51. The van der Waals surface area contributed by atoms with Gasteiger partial charge in [-0.2, -0.15) is 0 Å². The Morgan fingerprint density at radius 3 is 2.89 bits per heavy atom. The molecule has 106 valence electrons. The molecule has 1 aromatic rings. The zero-order valence-corrected chi connectivity index (χ0v) is 11.3. The number of ether oxygens (including phenoxy) is 1. The summed E-state index contributed by atoms with van der Waals surface area (Å²) in [6.45, 7) is 3.36. The third-order valence-corrected chi connectivity index (χ3v) is 3.42. The molecule has 0 unspecified atom stereocenters. The minimum absolute atomic E-state index is 0.0425. The van der Waals surface area contributed by atoms with Crippen LogP contribution in [0.5, 0.6) is 0 Å². The number of rotatable bonds is 5. The van der Waals surface area contributed by atoms with Crippen LogP contribution in [0.25, 0.3) is 0 Å². The van der Waals surface area contributed by atoms with Crippen molar-refractivity contribution in [1.29, 1.82) is 0 Å². The van der Waals surface area contributed by atoms with E-state index in [2.05, 4.69) is 10.3 Å². The van der Waals surface area contributed by atoms with Crippen molar-refractivity contribution in [3.63, 3.8) is 0 Å². The number of carbonyl (C=O) groups excluding carboxylic acids is 1. The van der Waals surface area contributed by atoms with Gasteiger partial charge in [0.1, 0.15) is 0 Å². The predicted molar refractivity (Wildman–Crippen MR) is 69.6 cm³/mol. The largest absolute Gasteiger partial charge is 0.384 e. The Morgan fingerprint density at radius 1 is 1.53 bits per heavy atom. The van der Waals surface area contributed by atoms with E-state index in [4.69, 9.17) is 10.5 Å². The predicted octanol–water partition coefficient (Wildman–Crippen LogP) is -0.265. The molecule has 7 nitrogen and oxygen atoms in total. The van der Waals surface area contributed by atoms with Crippen LogP contribution in [-0.2, 0) is 11.3 Å². The summed E-state index contributed by atoms with van der Waals surface area (Å²) in [6.07, 6.45) is 3.63. The average Bonchev–Trinajstić information content (AvgIpc) is 2.88. The monoisotopic (exact) mass is 267 g/mol. The maximum Gasteiger partial charge on any atom is 0.276 e. The average molecular weight is 267 g/mol. The van der Waals surface area contributed by atoms with Crippen LogP contribution < -0.4 is 5.73 Å². The van der Waals surface area contributed by atoms with Crippen molar-refractivity contribution in [2.45, 2.75) is 19.4 Å². The van der Waals surface area contributed by atoms with Crippen LogP contribution in [-0.4, -0.2) is 59.2 Å². The lowest BCUT2D eigenvalue weighted by atomic mass is 9.97. The molecule has 7 heteroatoms. The first kappa shape index (κ1) is 14.0. The fraction of sp³-hybridized carbons (Fsp3) is 0.750. The second kappa shape index (κ2) is 6.63. The van der Waals surface area contributed by atoms with Gasteiger partial charge in [0.15, 0.2) is 5.69 Å². The van der Waals surface area contributed by atoms with E-state index in [9.17, 15) is 4.79 Å². The number of carbonyl (C=O) groups is 1. The molecular formula is C12H21N5O2. The van der Waals surface area contributed by atoms with Crippen molar-refractivity contribution in [2.75, 3.05) is 33.4 Å². The highest BCUT2D eigenvalue weighted by Gasteiger charge is 2.25. The number of piperidine rings is 1. The Kier molecular flexibility index (Phi) is 4.86. The Balaban J connectivity index is 1.89. The van der Waals surface area contributed by atoms with Crippen LogP contribution in [0, 0.1) is 5.92 Å². The number of hydrogen-bond acceptors (Lipinski definition) is 5. The topological polar surface area (TPSA) is 86.3 Å². The number of likely N-dealkylation sites (tertiary alicyclic amines) is 1. The molecule has 2 heterocycles. The van der Waals surface area contributed by atoms with Crippen molar-refractivity contribution in [3.8, 4) is 0 Å². The number of methoxy groups -OCH3 is 1. The van der Waals surface area contributed by atoms with E-state index < -0.39 is 0 Å². The van der Waals surface area contributed by atoms with Crippen LogP contribution in [0.3, 0.4) is 0 Å². The van der Waals surface area contributed by atoms with Crippen molar-refractivity contribution < 1.29 is 9.53 Å². The fourth-order valence-electron chi connectivity index (χ4n) is 2.34. The molecule has 0 bridgehead atoms. The molecule has 1 aliphatic heterocycles. The first-order valence-corrected chi connectivity index (χ1v) is 6.63. The van der Waals surface area contributed by atoms with Gasteiger partial charge in [-0.05, 0) is 18.8 Å². The molecule has 0 radical (unpaired) electrons. The molecule has 1 aliphatic rings. The van der Waals surface area contributed by atoms with E-state index in [0.717, 1.165) is 32.5 Å².